The van der Waals surface area contributed by atoms with Gasteiger partial charge in [-0.05, 0) is 56.0 Å². The van der Waals surface area contributed by atoms with Gasteiger partial charge in [0.2, 0.25) is 0 Å². The molecule has 0 saturated heterocycles. The lowest BCUT2D eigenvalue weighted by molar-refractivity contribution is 0.0697. The monoisotopic (exact) mass is 325 g/mol. The van der Waals surface area contributed by atoms with E-state index in [1.807, 2.05) is 18.2 Å². The number of amides is 1. The summed E-state index contributed by atoms with van der Waals surface area (Å²) < 4.78 is 6.00. The van der Waals surface area contributed by atoms with Crippen LogP contribution in [-0.4, -0.2) is 23.1 Å². The number of hydrogen-bond donors (Lipinski definition) is 2. The quantitative estimate of drug-likeness (QED) is 0.872. The summed E-state index contributed by atoms with van der Waals surface area (Å²) in [6, 6.07) is 13.3. The van der Waals surface area contributed by atoms with Crippen molar-refractivity contribution in [2.45, 2.75) is 31.8 Å². The van der Waals surface area contributed by atoms with E-state index >= 15 is 0 Å². The van der Waals surface area contributed by atoms with Crippen LogP contribution in [0.3, 0.4) is 0 Å². The van der Waals surface area contributed by atoms with Crippen molar-refractivity contribution in [3.8, 4) is 5.75 Å². The standard InChI is InChI=1S/C19H19NO4/c21-18(13-6-5-7-14(12-13)19(22)23)20-16-10-3-4-11-17(16)24-15-8-1-2-9-15/h3-7,10-12,15H,1-2,8-9H2,(H,20,21)(H,22,23). The fourth-order valence-electron chi connectivity index (χ4n) is 2.85. The summed E-state index contributed by atoms with van der Waals surface area (Å²) in [5.41, 5.74) is 0.971. The molecule has 0 spiro atoms. The van der Waals surface area contributed by atoms with Gasteiger partial charge in [-0.25, -0.2) is 4.79 Å². The third kappa shape index (κ3) is 3.74. The number of carbonyl (C=O) groups excluding carboxylic acids is 1. The Kier molecular flexibility index (Phi) is 4.79. The normalized spacial score (nSPS) is 14.3. The second-order valence-corrected chi connectivity index (χ2v) is 5.86. The number of aromatic carboxylic acids is 1. The van der Waals surface area contributed by atoms with Gasteiger partial charge in [-0.15, -0.1) is 0 Å². The van der Waals surface area contributed by atoms with Crippen LogP contribution >= 0.6 is 0 Å². The van der Waals surface area contributed by atoms with Crippen LogP contribution in [0.1, 0.15) is 46.4 Å². The minimum atomic E-state index is -1.06. The molecular weight excluding hydrogens is 306 g/mol. The Bertz CT molecular complexity index is 751. The lowest BCUT2D eigenvalue weighted by Gasteiger charge is -2.17. The van der Waals surface area contributed by atoms with E-state index in [-0.39, 0.29) is 17.6 Å². The predicted molar refractivity (Wildman–Crippen MR) is 90.7 cm³/mol. The van der Waals surface area contributed by atoms with E-state index in [9.17, 15) is 9.59 Å². The fraction of sp³-hybridized carbons (Fsp3) is 0.263. The predicted octanol–water partition coefficient (Wildman–Crippen LogP) is 3.96. The van der Waals surface area contributed by atoms with Crippen molar-refractivity contribution in [1.82, 2.24) is 0 Å². The van der Waals surface area contributed by atoms with Gasteiger partial charge >= 0.3 is 5.97 Å². The summed E-state index contributed by atoms with van der Waals surface area (Å²) in [6.07, 6.45) is 4.59. The lowest BCUT2D eigenvalue weighted by atomic mass is 10.1. The van der Waals surface area contributed by atoms with Gasteiger partial charge in [0.05, 0.1) is 17.4 Å². The van der Waals surface area contributed by atoms with Crippen molar-refractivity contribution >= 4 is 17.6 Å². The summed E-state index contributed by atoms with van der Waals surface area (Å²) in [5.74, 6) is -0.776. The molecular formula is C19H19NO4. The third-order valence-corrected chi connectivity index (χ3v) is 4.10. The maximum atomic E-state index is 12.4. The number of nitrogens with one attached hydrogen (secondary N) is 1. The highest BCUT2D eigenvalue weighted by atomic mass is 16.5. The Morgan fingerprint density at radius 1 is 1.00 bits per heavy atom. The Morgan fingerprint density at radius 2 is 1.71 bits per heavy atom. The number of rotatable bonds is 5. The van der Waals surface area contributed by atoms with E-state index in [4.69, 9.17) is 9.84 Å². The van der Waals surface area contributed by atoms with Gasteiger partial charge < -0.3 is 15.2 Å². The molecule has 2 aromatic rings. The molecule has 0 heterocycles. The van der Waals surface area contributed by atoms with Crippen LogP contribution < -0.4 is 10.1 Å². The number of carboxylic acids is 1. The minimum Gasteiger partial charge on any atom is -0.488 e. The highest BCUT2D eigenvalue weighted by Crippen LogP contribution is 2.30. The van der Waals surface area contributed by atoms with Crippen LogP contribution in [0.2, 0.25) is 0 Å². The molecule has 0 radical (unpaired) electrons. The van der Waals surface area contributed by atoms with Crippen LogP contribution in [0.25, 0.3) is 0 Å². The van der Waals surface area contributed by atoms with Crippen LogP contribution in [-0.2, 0) is 0 Å². The largest absolute Gasteiger partial charge is 0.488 e. The Hall–Kier alpha value is -2.82. The molecule has 0 bridgehead atoms. The summed E-state index contributed by atoms with van der Waals surface area (Å²) >= 11 is 0. The molecule has 2 aromatic carbocycles. The lowest BCUT2D eigenvalue weighted by Crippen LogP contribution is -2.16. The maximum Gasteiger partial charge on any atom is 0.335 e. The highest BCUT2D eigenvalue weighted by Gasteiger charge is 2.18. The highest BCUT2D eigenvalue weighted by molar-refractivity contribution is 6.06. The zero-order chi connectivity index (χ0) is 16.9. The van der Waals surface area contributed by atoms with Gasteiger partial charge in [0.25, 0.3) is 5.91 Å². The van der Waals surface area contributed by atoms with Gasteiger partial charge in [0.15, 0.2) is 0 Å². The van der Waals surface area contributed by atoms with E-state index in [1.165, 1.54) is 25.0 Å². The Labute approximate surface area is 140 Å². The van der Waals surface area contributed by atoms with Crippen molar-refractivity contribution in [3.63, 3.8) is 0 Å². The van der Waals surface area contributed by atoms with Gasteiger partial charge in [-0.1, -0.05) is 18.2 Å². The second kappa shape index (κ2) is 7.17. The number of para-hydroxylation sites is 2. The van der Waals surface area contributed by atoms with Crippen molar-refractivity contribution in [1.29, 1.82) is 0 Å². The molecule has 0 atom stereocenters. The number of carboxylic acid groups (broad SMARTS) is 1. The van der Waals surface area contributed by atoms with Gasteiger partial charge in [0.1, 0.15) is 5.75 Å². The number of anilines is 1. The Morgan fingerprint density at radius 3 is 2.46 bits per heavy atom. The zero-order valence-electron chi connectivity index (χ0n) is 13.2. The van der Waals surface area contributed by atoms with Crippen LogP contribution in [0.5, 0.6) is 5.75 Å². The van der Waals surface area contributed by atoms with E-state index in [0.29, 0.717) is 17.0 Å². The van der Waals surface area contributed by atoms with Gasteiger partial charge in [-0.3, -0.25) is 4.79 Å². The smallest absolute Gasteiger partial charge is 0.335 e. The van der Waals surface area contributed by atoms with Crippen molar-refractivity contribution in [2.75, 3.05) is 5.32 Å². The first-order chi connectivity index (χ1) is 11.6. The average molecular weight is 325 g/mol. The van der Waals surface area contributed by atoms with E-state index in [1.54, 1.807) is 18.2 Å². The number of ether oxygens (including phenoxy) is 1. The summed E-state index contributed by atoms with van der Waals surface area (Å²) in [6.45, 7) is 0. The van der Waals surface area contributed by atoms with E-state index in [2.05, 4.69) is 5.32 Å². The van der Waals surface area contributed by atoms with E-state index < -0.39 is 5.97 Å². The van der Waals surface area contributed by atoms with Gasteiger partial charge in [-0.2, -0.15) is 0 Å². The molecule has 1 saturated carbocycles. The molecule has 5 heteroatoms. The number of carbonyl (C=O) groups is 2. The minimum absolute atomic E-state index is 0.0816. The first kappa shape index (κ1) is 16.1. The summed E-state index contributed by atoms with van der Waals surface area (Å²) in [7, 11) is 0. The molecule has 0 aromatic heterocycles. The molecule has 5 nitrogen and oxygen atoms in total. The van der Waals surface area contributed by atoms with E-state index in [0.717, 1.165) is 12.8 Å². The fourth-order valence-corrected chi connectivity index (χ4v) is 2.85. The molecule has 1 fully saturated rings. The first-order valence-electron chi connectivity index (χ1n) is 8.04. The van der Waals surface area contributed by atoms with Crippen molar-refractivity contribution < 1.29 is 19.4 Å². The third-order valence-electron chi connectivity index (χ3n) is 4.10. The topological polar surface area (TPSA) is 75.6 Å². The zero-order valence-corrected chi connectivity index (χ0v) is 13.2. The molecule has 1 aliphatic carbocycles. The molecule has 1 amide bonds. The Balaban J connectivity index is 1.76. The van der Waals surface area contributed by atoms with Crippen molar-refractivity contribution in [2.24, 2.45) is 0 Å². The molecule has 124 valence electrons. The first-order valence-corrected chi connectivity index (χ1v) is 8.04. The van der Waals surface area contributed by atoms with Crippen LogP contribution in [0.4, 0.5) is 5.69 Å². The molecule has 24 heavy (non-hydrogen) atoms. The second-order valence-electron chi connectivity index (χ2n) is 5.86. The van der Waals surface area contributed by atoms with Crippen LogP contribution in [0, 0.1) is 0 Å². The van der Waals surface area contributed by atoms with Crippen molar-refractivity contribution in [3.05, 3.63) is 59.7 Å². The summed E-state index contributed by atoms with van der Waals surface area (Å²) in [5, 5.41) is 11.8. The SMILES string of the molecule is O=C(O)c1cccc(C(=O)Nc2ccccc2OC2CCCC2)c1. The van der Waals surface area contributed by atoms with Gasteiger partial charge in [0, 0.05) is 5.56 Å². The number of hydrogen-bond acceptors (Lipinski definition) is 3. The molecule has 0 unspecified atom stereocenters. The molecule has 3 rings (SSSR count). The number of benzene rings is 2. The summed E-state index contributed by atoms with van der Waals surface area (Å²) in [4.78, 5) is 23.4. The molecule has 1 aliphatic rings. The average Bonchev–Trinajstić information content (AvgIpc) is 3.10. The maximum absolute atomic E-state index is 12.4. The molecule has 2 N–H and O–H groups in total. The van der Waals surface area contributed by atoms with Crippen LogP contribution in [0.15, 0.2) is 48.5 Å². The molecule has 0 aliphatic heterocycles.